The maximum absolute atomic E-state index is 8.75. The number of piperidine rings is 1. The number of rotatable bonds is 3. The normalized spacial score (nSPS) is 31.0. The van der Waals surface area contributed by atoms with Crippen molar-refractivity contribution in [2.75, 3.05) is 20.2 Å². The Kier molecular flexibility index (Phi) is 4.37. The van der Waals surface area contributed by atoms with E-state index in [2.05, 4.69) is 17.9 Å². The van der Waals surface area contributed by atoms with Gasteiger partial charge in [-0.3, -0.25) is 4.90 Å². The maximum atomic E-state index is 8.75. The van der Waals surface area contributed by atoms with E-state index < -0.39 is 0 Å². The molecule has 0 amide bonds. The zero-order valence-electron chi connectivity index (χ0n) is 9.36. The topological polar surface area (TPSA) is 36.3 Å². The van der Waals surface area contributed by atoms with Gasteiger partial charge in [-0.2, -0.15) is 5.26 Å². The van der Waals surface area contributed by atoms with Crippen LogP contribution in [0.2, 0.25) is 0 Å². The summed E-state index contributed by atoms with van der Waals surface area (Å²) < 4.78 is 5.35. The van der Waals surface area contributed by atoms with Crippen LogP contribution in [0.5, 0.6) is 0 Å². The molecule has 1 aliphatic rings. The molecule has 0 aromatic rings. The Labute approximate surface area is 86.6 Å². The summed E-state index contributed by atoms with van der Waals surface area (Å²) in [7, 11) is 1.78. The highest BCUT2D eigenvalue weighted by atomic mass is 16.5. The summed E-state index contributed by atoms with van der Waals surface area (Å²) >= 11 is 0. The van der Waals surface area contributed by atoms with E-state index in [0.29, 0.717) is 12.1 Å². The molecule has 0 saturated carbocycles. The molecule has 0 radical (unpaired) electrons. The van der Waals surface area contributed by atoms with Crippen LogP contribution in [0.4, 0.5) is 0 Å². The number of hydrogen-bond acceptors (Lipinski definition) is 3. The average molecular weight is 196 g/mol. The molecule has 1 heterocycles. The van der Waals surface area contributed by atoms with E-state index in [-0.39, 0.29) is 5.92 Å². The first-order valence-corrected chi connectivity index (χ1v) is 5.33. The van der Waals surface area contributed by atoms with Crippen molar-refractivity contribution in [1.82, 2.24) is 4.90 Å². The van der Waals surface area contributed by atoms with Crippen LogP contribution in [-0.4, -0.2) is 37.2 Å². The van der Waals surface area contributed by atoms with Crippen LogP contribution in [0.15, 0.2) is 0 Å². The van der Waals surface area contributed by atoms with Gasteiger partial charge in [-0.25, -0.2) is 0 Å². The molecule has 1 aliphatic heterocycles. The van der Waals surface area contributed by atoms with Gasteiger partial charge in [0.25, 0.3) is 0 Å². The molecule has 0 aromatic carbocycles. The Morgan fingerprint density at radius 2 is 2.36 bits per heavy atom. The number of nitrogens with zero attached hydrogens (tertiary/aromatic N) is 2. The summed E-state index contributed by atoms with van der Waals surface area (Å²) in [6, 6.07) is 2.83. The zero-order valence-corrected chi connectivity index (χ0v) is 9.36. The molecule has 1 fully saturated rings. The number of nitriles is 1. The van der Waals surface area contributed by atoms with Crippen molar-refractivity contribution < 1.29 is 4.74 Å². The zero-order chi connectivity index (χ0) is 10.6. The third-order valence-electron chi connectivity index (χ3n) is 3.03. The number of ether oxygens (including phenoxy) is 1. The molecule has 14 heavy (non-hydrogen) atoms. The van der Waals surface area contributed by atoms with Crippen LogP contribution in [0.1, 0.15) is 26.7 Å². The van der Waals surface area contributed by atoms with Crippen molar-refractivity contribution in [3.05, 3.63) is 0 Å². The van der Waals surface area contributed by atoms with E-state index in [1.54, 1.807) is 7.11 Å². The molecule has 1 rings (SSSR count). The van der Waals surface area contributed by atoms with Gasteiger partial charge < -0.3 is 4.74 Å². The Morgan fingerprint density at radius 1 is 1.64 bits per heavy atom. The molecule has 0 bridgehead atoms. The van der Waals surface area contributed by atoms with Gasteiger partial charge in [-0.15, -0.1) is 0 Å². The van der Waals surface area contributed by atoms with E-state index in [9.17, 15) is 0 Å². The monoisotopic (exact) mass is 196 g/mol. The van der Waals surface area contributed by atoms with Gasteiger partial charge in [-0.05, 0) is 26.7 Å². The first kappa shape index (κ1) is 11.5. The quantitative estimate of drug-likeness (QED) is 0.688. The predicted molar refractivity (Wildman–Crippen MR) is 55.8 cm³/mol. The lowest BCUT2D eigenvalue weighted by Crippen LogP contribution is -2.44. The SMILES string of the molecule is COC1CCN(CC(C)C#N)C(C)C1. The molecule has 0 N–H and O–H groups in total. The highest BCUT2D eigenvalue weighted by Crippen LogP contribution is 2.20. The minimum Gasteiger partial charge on any atom is -0.381 e. The lowest BCUT2D eigenvalue weighted by Gasteiger charge is -2.37. The van der Waals surface area contributed by atoms with Crippen molar-refractivity contribution in [2.24, 2.45) is 5.92 Å². The van der Waals surface area contributed by atoms with Gasteiger partial charge in [0.15, 0.2) is 0 Å². The summed E-state index contributed by atoms with van der Waals surface area (Å²) in [5, 5.41) is 8.75. The van der Waals surface area contributed by atoms with Gasteiger partial charge in [0.1, 0.15) is 0 Å². The maximum Gasteiger partial charge on any atom is 0.0666 e. The molecule has 0 spiro atoms. The van der Waals surface area contributed by atoms with Gasteiger partial charge in [-0.1, -0.05) is 0 Å². The Balaban J connectivity index is 2.38. The molecule has 3 nitrogen and oxygen atoms in total. The van der Waals surface area contributed by atoms with Gasteiger partial charge in [0, 0.05) is 26.2 Å². The van der Waals surface area contributed by atoms with Gasteiger partial charge in [0.05, 0.1) is 18.1 Å². The van der Waals surface area contributed by atoms with Crippen molar-refractivity contribution in [1.29, 1.82) is 5.26 Å². The van der Waals surface area contributed by atoms with Crippen LogP contribution >= 0.6 is 0 Å². The van der Waals surface area contributed by atoms with Crippen molar-refractivity contribution in [3.8, 4) is 6.07 Å². The van der Waals surface area contributed by atoms with Gasteiger partial charge >= 0.3 is 0 Å². The first-order valence-electron chi connectivity index (χ1n) is 5.33. The third-order valence-corrected chi connectivity index (χ3v) is 3.03. The lowest BCUT2D eigenvalue weighted by atomic mass is 9.99. The Morgan fingerprint density at radius 3 is 2.86 bits per heavy atom. The Hall–Kier alpha value is -0.590. The molecule has 1 saturated heterocycles. The second-order valence-electron chi connectivity index (χ2n) is 4.26. The second-order valence-corrected chi connectivity index (χ2v) is 4.26. The average Bonchev–Trinajstić information content (AvgIpc) is 2.20. The molecular formula is C11H20N2O. The third kappa shape index (κ3) is 2.97. The van der Waals surface area contributed by atoms with Crippen molar-refractivity contribution in [3.63, 3.8) is 0 Å². The standard InChI is InChI=1S/C11H20N2O/c1-9(7-12)8-13-5-4-11(14-3)6-10(13)2/h9-11H,4-6,8H2,1-3H3. The van der Waals surface area contributed by atoms with E-state index in [1.165, 1.54) is 0 Å². The highest BCUT2D eigenvalue weighted by Gasteiger charge is 2.25. The van der Waals surface area contributed by atoms with Crippen LogP contribution in [0, 0.1) is 17.2 Å². The number of likely N-dealkylation sites (tertiary alicyclic amines) is 1. The Bertz CT molecular complexity index is 212. The summed E-state index contributed by atoms with van der Waals surface area (Å²) in [6.45, 7) is 6.16. The minimum atomic E-state index is 0.136. The van der Waals surface area contributed by atoms with Crippen LogP contribution in [0.25, 0.3) is 0 Å². The second kappa shape index (κ2) is 5.33. The van der Waals surface area contributed by atoms with Crippen molar-refractivity contribution >= 4 is 0 Å². The van der Waals surface area contributed by atoms with E-state index in [0.717, 1.165) is 25.9 Å². The molecule has 80 valence electrons. The van der Waals surface area contributed by atoms with Gasteiger partial charge in [0.2, 0.25) is 0 Å². The summed E-state index contributed by atoms with van der Waals surface area (Å²) in [5.74, 6) is 0.136. The predicted octanol–water partition coefficient (Wildman–Crippen LogP) is 1.65. The summed E-state index contributed by atoms with van der Waals surface area (Å²) in [6.07, 6.45) is 2.60. The lowest BCUT2D eigenvalue weighted by molar-refractivity contribution is 0.0135. The molecule has 3 atom stereocenters. The summed E-state index contributed by atoms with van der Waals surface area (Å²) in [4.78, 5) is 2.39. The fourth-order valence-corrected chi connectivity index (χ4v) is 2.06. The van der Waals surface area contributed by atoms with Crippen LogP contribution < -0.4 is 0 Å². The minimum absolute atomic E-state index is 0.136. The number of hydrogen-bond donors (Lipinski definition) is 0. The molecule has 3 unspecified atom stereocenters. The molecule has 0 aromatic heterocycles. The molecule has 0 aliphatic carbocycles. The van der Waals surface area contributed by atoms with Crippen molar-refractivity contribution in [2.45, 2.75) is 38.8 Å². The van der Waals surface area contributed by atoms with E-state index >= 15 is 0 Å². The number of methoxy groups -OCH3 is 1. The smallest absolute Gasteiger partial charge is 0.0666 e. The molecular weight excluding hydrogens is 176 g/mol. The fourth-order valence-electron chi connectivity index (χ4n) is 2.06. The van der Waals surface area contributed by atoms with Crippen LogP contribution in [0.3, 0.4) is 0 Å². The first-order chi connectivity index (χ1) is 6.67. The highest BCUT2D eigenvalue weighted by molar-refractivity contribution is 4.86. The van der Waals surface area contributed by atoms with Crippen LogP contribution in [-0.2, 0) is 4.74 Å². The summed E-state index contributed by atoms with van der Waals surface area (Å²) in [5.41, 5.74) is 0. The largest absolute Gasteiger partial charge is 0.381 e. The van der Waals surface area contributed by atoms with E-state index in [4.69, 9.17) is 10.00 Å². The fraction of sp³-hybridized carbons (Fsp3) is 0.909. The van der Waals surface area contributed by atoms with E-state index in [1.807, 2.05) is 6.92 Å². The molecule has 3 heteroatoms.